The second-order valence-corrected chi connectivity index (χ2v) is 4.55. The topological polar surface area (TPSA) is 81.2 Å². The van der Waals surface area contributed by atoms with Crippen molar-refractivity contribution in [1.82, 2.24) is 5.16 Å². The van der Waals surface area contributed by atoms with Gasteiger partial charge in [-0.05, 0) is 31.2 Å². The van der Waals surface area contributed by atoms with Crippen molar-refractivity contribution in [2.24, 2.45) is 17.6 Å². The zero-order valence-electron chi connectivity index (χ0n) is 10.5. The molecule has 96 valence electrons. The van der Waals surface area contributed by atoms with Crippen LogP contribution in [-0.2, 0) is 4.79 Å². The number of rotatable bonds is 7. The number of amides is 1. The van der Waals surface area contributed by atoms with Crippen molar-refractivity contribution in [3.8, 4) is 0 Å². The van der Waals surface area contributed by atoms with E-state index >= 15 is 0 Å². The van der Waals surface area contributed by atoms with Gasteiger partial charge in [0, 0.05) is 12.5 Å². The van der Waals surface area contributed by atoms with Gasteiger partial charge in [-0.25, -0.2) is 0 Å². The van der Waals surface area contributed by atoms with Gasteiger partial charge in [0.05, 0.1) is 0 Å². The number of nitrogens with zero attached hydrogens (tertiary/aromatic N) is 1. The van der Waals surface area contributed by atoms with Crippen molar-refractivity contribution in [3.63, 3.8) is 0 Å². The minimum Gasteiger partial charge on any atom is -0.363 e. The van der Waals surface area contributed by atoms with Gasteiger partial charge in [0.25, 0.3) is 0 Å². The summed E-state index contributed by atoms with van der Waals surface area (Å²) in [5.41, 5.74) is 5.56. The summed E-state index contributed by atoms with van der Waals surface area (Å²) in [6.45, 7) is 5.00. The Bertz CT molecular complexity index is 323. The van der Waals surface area contributed by atoms with Crippen molar-refractivity contribution in [3.05, 3.63) is 12.3 Å². The van der Waals surface area contributed by atoms with Gasteiger partial charge < -0.3 is 15.6 Å². The number of anilines is 1. The lowest BCUT2D eigenvalue weighted by molar-refractivity contribution is -0.116. The van der Waals surface area contributed by atoms with E-state index in [4.69, 9.17) is 5.73 Å². The average Bonchev–Trinajstić information content (AvgIpc) is 2.76. The van der Waals surface area contributed by atoms with Crippen molar-refractivity contribution in [2.45, 2.75) is 33.1 Å². The second kappa shape index (κ2) is 7.06. The Balaban J connectivity index is 2.31. The number of carbonyl (C=O) groups is 1. The smallest absolute Gasteiger partial charge is 0.225 e. The molecule has 0 aliphatic carbocycles. The minimum absolute atomic E-state index is 0.0263. The molecule has 5 heteroatoms. The summed E-state index contributed by atoms with van der Waals surface area (Å²) >= 11 is 0. The van der Waals surface area contributed by atoms with Crippen molar-refractivity contribution < 1.29 is 9.32 Å². The largest absolute Gasteiger partial charge is 0.363 e. The van der Waals surface area contributed by atoms with Crippen LogP contribution in [0.4, 0.5) is 5.82 Å². The van der Waals surface area contributed by atoms with E-state index < -0.39 is 0 Å². The summed E-state index contributed by atoms with van der Waals surface area (Å²) in [6, 6.07) is 1.62. The van der Waals surface area contributed by atoms with Crippen LogP contribution in [0.1, 0.15) is 33.1 Å². The summed E-state index contributed by atoms with van der Waals surface area (Å²) in [7, 11) is 0. The highest BCUT2D eigenvalue weighted by Gasteiger charge is 2.14. The molecule has 1 heterocycles. The monoisotopic (exact) mass is 239 g/mol. The van der Waals surface area contributed by atoms with Gasteiger partial charge in [0.2, 0.25) is 5.91 Å². The Labute approximate surface area is 102 Å². The van der Waals surface area contributed by atoms with Crippen LogP contribution in [0.5, 0.6) is 0 Å². The third kappa shape index (κ3) is 4.99. The molecule has 1 unspecified atom stereocenters. The van der Waals surface area contributed by atoms with Crippen LogP contribution in [-0.4, -0.2) is 17.6 Å². The zero-order chi connectivity index (χ0) is 12.7. The molecular formula is C12H21N3O2. The maximum Gasteiger partial charge on any atom is 0.225 e. The highest BCUT2D eigenvalue weighted by Crippen LogP contribution is 2.20. The normalized spacial score (nSPS) is 12.7. The van der Waals surface area contributed by atoms with E-state index in [1.165, 1.54) is 6.26 Å². The molecule has 0 spiro atoms. The Morgan fingerprint density at radius 1 is 1.53 bits per heavy atom. The zero-order valence-corrected chi connectivity index (χ0v) is 10.5. The predicted octanol–water partition coefficient (Wildman–Crippen LogP) is 2.01. The number of nitrogens with one attached hydrogen (secondary N) is 1. The summed E-state index contributed by atoms with van der Waals surface area (Å²) in [4.78, 5) is 11.6. The number of hydrogen-bond acceptors (Lipinski definition) is 4. The third-order valence-electron chi connectivity index (χ3n) is 2.93. The van der Waals surface area contributed by atoms with Crippen LogP contribution in [0.25, 0.3) is 0 Å². The van der Waals surface area contributed by atoms with Gasteiger partial charge in [-0.3, -0.25) is 4.79 Å². The summed E-state index contributed by atoms with van der Waals surface area (Å²) in [5.74, 6) is 1.50. The summed E-state index contributed by atoms with van der Waals surface area (Å²) in [6.07, 6.45) is 3.75. The van der Waals surface area contributed by atoms with E-state index in [9.17, 15) is 4.79 Å². The lowest BCUT2D eigenvalue weighted by atomic mass is 9.88. The maximum atomic E-state index is 11.6. The maximum absolute atomic E-state index is 11.6. The first-order valence-corrected chi connectivity index (χ1v) is 6.03. The van der Waals surface area contributed by atoms with E-state index in [1.54, 1.807) is 6.07 Å². The molecule has 0 saturated carbocycles. The van der Waals surface area contributed by atoms with Crippen LogP contribution >= 0.6 is 0 Å². The lowest BCUT2D eigenvalue weighted by Crippen LogP contribution is -2.18. The molecule has 1 amide bonds. The molecule has 0 aliphatic rings. The molecule has 0 bridgehead atoms. The van der Waals surface area contributed by atoms with Crippen LogP contribution in [0, 0.1) is 11.8 Å². The molecule has 0 aliphatic heterocycles. The first-order chi connectivity index (χ1) is 8.13. The number of carbonyl (C=O) groups excluding carboxylic acids is 1. The molecule has 17 heavy (non-hydrogen) atoms. The molecule has 0 fully saturated rings. The molecule has 1 atom stereocenters. The van der Waals surface area contributed by atoms with E-state index in [0.29, 0.717) is 30.6 Å². The SMILES string of the molecule is CC(C)C(CCN)CCC(=O)Nc1ccon1. The molecular weight excluding hydrogens is 218 g/mol. The van der Waals surface area contributed by atoms with Gasteiger partial charge in [-0.2, -0.15) is 0 Å². The Morgan fingerprint density at radius 3 is 2.82 bits per heavy atom. The van der Waals surface area contributed by atoms with E-state index in [-0.39, 0.29) is 5.91 Å². The fraction of sp³-hybridized carbons (Fsp3) is 0.667. The average molecular weight is 239 g/mol. The fourth-order valence-corrected chi connectivity index (χ4v) is 1.82. The number of hydrogen-bond donors (Lipinski definition) is 2. The van der Waals surface area contributed by atoms with Gasteiger partial charge in [0.1, 0.15) is 6.26 Å². The quantitative estimate of drug-likeness (QED) is 0.762. The standard InChI is InChI=1S/C12H21N3O2/c1-9(2)10(5-7-13)3-4-12(16)14-11-6-8-17-15-11/h6,8-10H,3-5,7,13H2,1-2H3,(H,14,15,16). The Kier molecular flexibility index (Phi) is 5.69. The molecule has 1 aromatic heterocycles. The van der Waals surface area contributed by atoms with Gasteiger partial charge >= 0.3 is 0 Å². The van der Waals surface area contributed by atoms with E-state index in [0.717, 1.165) is 12.8 Å². The third-order valence-corrected chi connectivity index (χ3v) is 2.93. The van der Waals surface area contributed by atoms with Gasteiger partial charge in [0.15, 0.2) is 5.82 Å². The van der Waals surface area contributed by atoms with Crippen molar-refractivity contribution in [2.75, 3.05) is 11.9 Å². The predicted molar refractivity (Wildman–Crippen MR) is 66.4 cm³/mol. The second-order valence-electron chi connectivity index (χ2n) is 4.55. The van der Waals surface area contributed by atoms with Crippen LogP contribution in [0.2, 0.25) is 0 Å². The highest BCUT2D eigenvalue weighted by molar-refractivity contribution is 5.89. The van der Waals surface area contributed by atoms with Gasteiger partial charge in [-0.15, -0.1) is 0 Å². The van der Waals surface area contributed by atoms with E-state index in [2.05, 4.69) is 28.8 Å². The Morgan fingerprint density at radius 2 is 2.29 bits per heavy atom. The van der Waals surface area contributed by atoms with Crippen LogP contribution in [0.3, 0.4) is 0 Å². The number of nitrogens with two attached hydrogens (primary N) is 1. The summed E-state index contributed by atoms with van der Waals surface area (Å²) < 4.78 is 4.64. The Hall–Kier alpha value is -1.36. The van der Waals surface area contributed by atoms with Gasteiger partial charge in [-0.1, -0.05) is 19.0 Å². The lowest BCUT2D eigenvalue weighted by Gasteiger charge is -2.19. The molecule has 1 aromatic rings. The summed E-state index contributed by atoms with van der Waals surface area (Å²) in [5, 5.41) is 6.31. The molecule has 1 rings (SSSR count). The fourth-order valence-electron chi connectivity index (χ4n) is 1.82. The molecule has 0 saturated heterocycles. The molecule has 0 radical (unpaired) electrons. The first-order valence-electron chi connectivity index (χ1n) is 6.03. The van der Waals surface area contributed by atoms with Crippen molar-refractivity contribution in [1.29, 1.82) is 0 Å². The van der Waals surface area contributed by atoms with E-state index in [1.807, 2.05) is 0 Å². The first kappa shape index (κ1) is 13.7. The highest BCUT2D eigenvalue weighted by atomic mass is 16.5. The molecule has 0 aromatic carbocycles. The van der Waals surface area contributed by atoms with Crippen LogP contribution in [0.15, 0.2) is 16.9 Å². The molecule has 3 N–H and O–H groups in total. The number of aromatic nitrogens is 1. The minimum atomic E-state index is -0.0263. The van der Waals surface area contributed by atoms with Crippen molar-refractivity contribution >= 4 is 11.7 Å². The van der Waals surface area contributed by atoms with Crippen LogP contribution < -0.4 is 11.1 Å². The molecule has 5 nitrogen and oxygen atoms in total.